The molecule has 0 atom stereocenters. The molecule has 130 valence electrons. The first-order chi connectivity index (χ1) is 12.0. The van der Waals surface area contributed by atoms with E-state index >= 15 is 0 Å². The van der Waals surface area contributed by atoms with Crippen LogP contribution in [0.2, 0.25) is 0 Å². The molecule has 0 heterocycles. The second kappa shape index (κ2) is 8.58. The molecule has 7 heteroatoms. The molecule has 0 aliphatic rings. The number of nitro groups is 1. The zero-order valence-corrected chi connectivity index (χ0v) is 13.7. The van der Waals surface area contributed by atoms with Gasteiger partial charge in [0.05, 0.1) is 4.92 Å². The number of para-hydroxylation sites is 1. The van der Waals surface area contributed by atoms with Crippen LogP contribution in [0.5, 0.6) is 0 Å². The molecule has 0 spiro atoms. The lowest BCUT2D eigenvalue weighted by Crippen LogP contribution is -2.30. The Balaban J connectivity index is 1.85. The highest BCUT2D eigenvalue weighted by Gasteiger charge is 2.23. The summed E-state index contributed by atoms with van der Waals surface area (Å²) < 4.78 is 4.88. The van der Waals surface area contributed by atoms with Gasteiger partial charge in [-0.25, -0.2) is 4.79 Å². The number of nitro benzene ring substituents is 1. The largest absolute Gasteiger partial charge is 0.452 e. The van der Waals surface area contributed by atoms with Gasteiger partial charge in [-0.15, -0.1) is 0 Å². The average Bonchev–Trinajstić information content (AvgIpc) is 2.60. The van der Waals surface area contributed by atoms with Gasteiger partial charge in [-0.1, -0.05) is 42.5 Å². The van der Waals surface area contributed by atoms with Gasteiger partial charge in [-0.3, -0.25) is 14.9 Å². The molecule has 7 nitrogen and oxygen atoms in total. The number of benzene rings is 2. The van der Waals surface area contributed by atoms with Crippen molar-refractivity contribution in [2.45, 2.75) is 13.3 Å². The molecule has 0 aromatic heterocycles. The summed E-state index contributed by atoms with van der Waals surface area (Å²) in [5.74, 6) is -1.35. The first kappa shape index (κ1) is 18.1. The maximum atomic E-state index is 12.0. The summed E-state index contributed by atoms with van der Waals surface area (Å²) in [7, 11) is 0. The maximum Gasteiger partial charge on any atom is 0.345 e. The van der Waals surface area contributed by atoms with Gasteiger partial charge in [0.1, 0.15) is 5.56 Å². The fourth-order valence-corrected chi connectivity index (χ4v) is 2.32. The number of carbonyl (C=O) groups excluding carboxylic acids is 2. The molecule has 0 aliphatic carbocycles. The summed E-state index contributed by atoms with van der Waals surface area (Å²) in [6.07, 6.45) is 0.657. The van der Waals surface area contributed by atoms with Crippen molar-refractivity contribution in [3.8, 4) is 0 Å². The van der Waals surface area contributed by atoms with Crippen molar-refractivity contribution in [1.29, 1.82) is 0 Å². The first-order valence-electron chi connectivity index (χ1n) is 7.71. The molecular weight excluding hydrogens is 324 g/mol. The van der Waals surface area contributed by atoms with E-state index in [4.69, 9.17) is 4.74 Å². The zero-order chi connectivity index (χ0) is 18.2. The fraction of sp³-hybridized carbons (Fsp3) is 0.222. The minimum atomic E-state index is -0.895. The number of nitrogens with one attached hydrogen (secondary N) is 1. The Morgan fingerprint density at radius 1 is 1.12 bits per heavy atom. The third-order valence-corrected chi connectivity index (χ3v) is 3.55. The van der Waals surface area contributed by atoms with Gasteiger partial charge in [0.2, 0.25) is 0 Å². The fourth-order valence-electron chi connectivity index (χ4n) is 2.32. The van der Waals surface area contributed by atoms with Gasteiger partial charge < -0.3 is 10.1 Å². The van der Waals surface area contributed by atoms with Crippen LogP contribution >= 0.6 is 0 Å². The third kappa shape index (κ3) is 5.13. The van der Waals surface area contributed by atoms with E-state index in [9.17, 15) is 19.7 Å². The Bertz CT molecular complexity index is 774. The van der Waals surface area contributed by atoms with Crippen LogP contribution in [0.3, 0.4) is 0 Å². The molecule has 0 unspecified atom stereocenters. The molecule has 0 aliphatic heterocycles. The summed E-state index contributed by atoms with van der Waals surface area (Å²) in [5, 5.41) is 13.7. The second-order valence-electron chi connectivity index (χ2n) is 5.39. The van der Waals surface area contributed by atoms with Crippen molar-refractivity contribution < 1.29 is 19.2 Å². The third-order valence-electron chi connectivity index (χ3n) is 3.55. The molecule has 1 amide bonds. The maximum absolute atomic E-state index is 12.0. The van der Waals surface area contributed by atoms with Crippen molar-refractivity contribution in [2.75, 3.05) is 13.2 Å². The van der Waals surface area contributed by atoms with Gasteiger partial charge >= 0.3 is 5.97 Å². The molecular formula is C18H18N2O5. The van der Waals surface area contributed by atoms with Crippen molar-refractivity contribution in [3.05, 3.63) is 75.3 Å². The highest BCUT2D eigenvalue weighted by molar-refractivity contribution is 5.95. The van der Waals surface area contributed by atoms with Crippen LogP contribution in [-0.2, 0) is 16.0 Å². The number of esters is 1. The van der Waals surface area contributed by atoms with E-state index < -0.39 is 23.4 Å². The second-order valence-corrected chi connectivity index (χ2v) is 5.39. The highest BCUT2D eigenvalue weighted by atomic mass is 16.6. The minimum Gasteiger partial charge on any atom is -0.452 e. The summed E-state index contributed by atoms with van der Waals surface area (Å²) in [5.41, 5.74) is 0.959. The monoisotopic (exact) mass is 342 g/mol. The molecule has 2 rings (SSSR count). The molecule has 0 bridgehead atoms. The quantitative estimate of drug-likeness (QED) is 0.473. The number of aryl methyl sites for hydroxylation is 1. The van der Waals surface area contributed by atoms with Crippen LogP contribution < -0.4 is 5.32 Å². The molecule has 0 saturated carbocycles. The molecule has 1 N–H and O–H groups in total. The predicted octanol–water partition coefficient (Wildman–Crippen LogP) is 2.42. The van der Waals surface area contributed by atoms with Gasteiger partial charge in [0.25, 0.3) is 11.6 Å². The Morgan fingerprint density at radius 2 is 1.84 bits per heavy atom. The number of rotatable bonds is 7. The van der Waals surface area contributed by atoms with E-state index in [1.54, 1.807) is 0 Å². The van der Waals surface area contributed by atoms with E-state index in [-0.39, 0.29) is 11.3 Å². The smallest absolute Gasteiger partial charge is 0.345 e. The molecule has 0 radical (unpaired) electrons. The van der Waals surface area contributed by atoms with E-state index in [0.717, 1.165) is 5.56 Å². The number of nitrogens with zero attached hydrogens (tertiary/aromatic N) is 1. The molecule has 0 fully saturated rings. The lowest BCUT2D eigenvalue weighted by atomic mass is 10.1. The number of ether oxygens (including phenoxy) is 1. The van der Waals surface area contributed by atoms with Crippen LogP contribution in [0, 0.1) is 17.0 Å². The number of hydrogen-bond acceptors (Lipinski definition) is 5. The average molecular weight is 342 g/mol. The Hall–Kier alpha value is -3.22. The van der Waals surface area contributed by atoms with Crippen LogP contribution in [0.25, 0.3) is 0 Å². The summed E-state index contributed by atoms with van der Waals surface area (Å²) in [4.78, 5) is 34.2. The summed E-state index contributed by atoms with van der Waals surface area (Å²) in [6, 6.07) is 14.0. The van der Waals surface area contributed by atoms with E-state index in [1.807, 2.05) is 30.3 Å². The SMILES string of the molecule is Cc1cccc(C(=O)OCC(=O)NCCc2ccccc2)c1[N+](=O)[O-]. The molecule has 25 heavy (non-hydrogen) atoms. The van der Waals surface area contributed by atoms with Crippen molar-refractivity contribution in [2.24, 2.45) is 0 Å². The van der Waals surface area contributed by atoms with Gasteiger partial charge in [0.15, 0.2) is 6.61 Å². The molecule has 2 aromatic carbocycles. The van der Waals surface area contributed by atoms with E-state index in [2.05, 4.69) is 5.32 Å². The first-order valence-corrected chi connectivity index (χ1v) is 7.71. The predicted molar refractivity (Wildman–Crippen MR) is 91.3 cm³/mol. The van der Waals surface area contributed by atoms with Gasteiger partial charge in [0, 0.05) is 12.1 Å². The van der Waals surface area contributed by atoms with Crippen LogP contribution in [0.1, 0.15) is 21.5 Å². The Morgan fingerprint density at radius 3 is 2.52 bits per heavy atom. The van der Waals surface area contributed by atoms with Gasteiger partial charge in [-0.2, -0.15) is 0 Å². The summed E-state index contributed by atoms with van der Waals surface area (Å²) in [6.45, 7) is 1.45. The molecule has 2 aromatic rings. The van der Waals surface area contributed by atoms with Crippen LogP contribution in [0.4, 0.5) is 5.69 Å². The number of hydrogen-bond donors (Lipinski definition) is 1. The topological polar surface area (TPSA) is 98.5 Å². The lowest BCUT2D eigenvalue weighted by molar-refractivity contribution is -0.385. The normalized spacial score (nSPS) is 10.1. The van der Waals surface area contributed by atoms with E-state index in [0.29, 0.717) is 18.5 Å². The zero-order valence-electron chi connectivity index (χ0n) is 13.7. The Kier molecular flexibility index (Phi) is 6.22. The van der Waals surface area contributed by atoms with Crippen molar-refractivity contribution in [1.82, 2.24) is 5.32 Å². The Labute approximate surface area is 144 Å². The number of amides is 1. The number of carbonyl (C=O) groups is 2. The van der Waals surface area contributed by atoms with Crippen molar-refractivity contribution in [3.63, 3.8) is 0 Å². The van der Waals surface area contributed by atoms with Crippen molar-refractivity contribution >= 4 is 17.6 Å². The van der Waals surface area contributed by atoms with Crippen LogP contribution in [-0.4, -0.2) is 30.0 Å². The van der Waals surface area contributed by atoms with Crippen LogP contribution in [0.15, 0.2) is 48.5 Å². The van der Waals surface area contributed by atoms with Gasteiger partial charge in [-0.05, 0) is 25.0 Å². The minimum absolute atomic E-state index is 0.165. The summed E-state index contributed by atoms with van der Waals surface area (Å²) >= 11 is 0. The molecule has 0 saturated heterocycles. The standard InChI is InChI=1S/C18H18N2O5/c1-13-6-5-9-15(17(13)20(23)24)18(22)25-12-16(21)19-11-10-14-7-3-2-4-8-14/h2-9H,10-12H2,1H3,(H,19,21). The highest BCUT2D eigenvalue weighted by Crippen LogP contribution is 2.23. The lowest BCUT2D eigenvalue weighted by Gasteiger charge is -2.08. The van der Waals surface area contributed by atoms with E-state index in [1.165, 1.54) is 25.1 Å².